The van der Waals surface area contributed by atoms with Crippen molar-refractivity contribution in [1.29, 1.82) is 5.26 Å². The van der Waals surface area contributed by atoms with Crippen molar-refractivity contribution >= 4 is 22.5 Å². The molecule has 2 nitrogen and oxygen atoms in total. The van der Waals surface area contributed by atoms with Crippen LogP contribution in [0.25, 0.3) is 10.9 Å². The molecule has 1 radical (unpaired) electrons. The molecule has 0 spiro atoms. The Kier molecular flexibility index (Phi) is 3.40. The largest absolute Gasteiger partial charge is 0.347 e. The second-order valence-corrected chi connectivity index (χ2v) is 4.92. The van der Waals surface area contributed by atoms with E-state index in [9.17, 15) is 0 Å². The van der Waals surface area contributed by atoms with Gasteiger partial charge in [0.15, 0.2) is 0 Å². The zero-order valence-electron chi connectivity index (χ0n) is 10.00. The van der Waals surface area contributed by atoms with Crippen LogP contribution in [0.4, 0.5) is 0 Å². The number of rotatable bonds is 3. The van der Waals surface area contributed by atoms with E-state index < -0.39 is 0 Å². The molecule has 2 aromatic rings. The fourth-order valence-electron chi connectivity index (χ4n) is 2.04. The van der Waals surface area contributed by atoms with Gasteiger partial charge >= 0.3 is 0 Å². The Hall–Kier alpha value is -1.46. The van der Waals surface area contributed by atoms with Gasteiger partial charge in [-0.3, -0.25) is 0 Å². The molecule has 0 aliphatic rings. The Labute approximate surface area is 106 Å². The molecule has 0 amide bonds. The van der Waals surface area contributed by atoms with E-state index in [1.165, 1.54) is 5.92 Å². The minimum Gasteiger partial charge on any atom is -0.347 e. The first-order valence-corrected chi connectivity index (χ1v) is 5.93. The van der Waals surface area contributed by atoms with Crippen molar-refractivity contribution in [3.8, 4) is 6.07 Å². The van der Waals surface area contributed by atoms with Gasteiger partial charge in [-0.25, -0.2) is 0 Å². The molecule has 0 aliphatic carbocycles. The first kappa shape index (κ1) is 12.0. The molecule has 87 valence electrons. The van der Waals surface area contributed by atoms with E-state index in [0.29, 0.717) is 6.42 Å². The molecule has 2 rings (SSSR count). The predicted octanol–water partition coefficient (Wildman–Crippen LogP) is 3.98. The zero-order valence-corrected chi connectivity index (χ0v) is 10.8. The molecule has 1 heterocycles. The van der Waals surface area contributed by atoms with E-state index in [4.69, 9.17) is 16.9 Å². The van der Waals surface area contributed by atoms with E-state index >= 15 is 0 Å². The average molecular weight is 246 g/mol. The van der Waals surface area contributed by atoms with Crippen molar-refractivity contribution in [1.82, 2.24) is 4.57 Å². The van der Waals surface area contributed by atoms with Gasteiger partial charge in [0, 0.05) is 28.7 Å². The van der Waals surface area contributed by atoms with E-state index in [-0.39, 0.29) is 0 Å². The molecule has 0 bridgehead atoms. The molecule has 0 saturated carbocycles. The van der Waals surface area contributed by atoms with Gasteiger partial charge in [-0.05, 0) is 23.6 Å². The molecule has 0 aliphatic heterocycles. The Bertz CT molecular complexity index is 576. The fraction of sp³-hybridized carbons (Fsp3) is 0.286. The van der Waals surface area contributed by atoms with Crippen LogP contribution < -0.4 is 0 Å². The van der Waals surface area contributed by atoms with Crippen molar-refractivity contribution in [3.05, 3.63) is 40.9 Å². The molecule has 1 aromatic carbocycles. The summed E-state index contributed by atoms with van der Waals surface area (Å²) in [7, 11) is 0. The van der Waals surface area contributed by atoms with Crippen molar-refractivity contribution in [2.24, 2.45) is 0 Å². The number of halogens is 1. The van der Waals surface area contributed by atoms with Crippen molar-refractivity contribution in [2.75, 3.05) is 0 Å². The van der Waals surface area contributed by atoms with Crippen LogP contribution in [0.15, 0.2) is 24.4 Å². The van der Waals surface area contributed by atoms with Crippen LogP contribution in [0.5, 0.6) is 0 Å². The molecule has 17 heavy (non-hydrogen) atoms. The number of nitrogens with zero attached hydrogens (tertiary/aromatic N) is 2. The van der Waals surface area contributed by atoms with Crippen molar-refractivity contribution in [3.63, 3.8) is 0 Å². The summed E-state index contributed by atoms with van der Waals surface area (Å²) in [4.78, 5) is 0. The summed E-state index contributed by atoms with van der Waals surface area (Å²) in [6, 6.07) is 8.03. The molecule has 1 aromatic heterocycles. The molecular weight excluding hydrogens is 232 g/mol. The first-order chi connectivity index (χ1) is 8.11. The highest BCUT2D eigenvalue weighted by atomic mass is 35.5. The highest BCUT2D eigenvalue weighted by Gasteiger charge is 2.09. The number of benzene rings is 1. The van der Waals surface area contributed by atoms with Crippen LogP contribution in [-0.2, 0) is 13.0 Å². The lowest BCUT2D eigenvalue weighted by atomic mass is 10.1. The second-order valence-electron chi connectivity index (χ2n) is 4.49. The summed E-state index contributed by atoms with van der Waals surface area (Å²) in [6.45, 7) is 5.06. The van der Waals surface area contributed by atoms with Gasteiger partial charge in [0.2, 0.25) is 0 Å². The highest BCUT2D eigenvalue weighted by molar-refractivity contribution is 6.31. The summed E-state index contributed by atoms with van der Waals surface area (Å²) in [5.41, 5.74) is 2.17. The summed E-state index contributed by atoms with van der Waals surface area (Å²) >= 11 is 6.03. The SMILES string of the molecule is C[C](C)Cn1cc(CC#N)c2ccc(Cl)cc21. The lowest BCUT2D eigenvalue weighted by Crippen LogP contribution is -2.00. The zero-order chi connectivity index (χ0) is 12.4. The number of fused-ring (bicyclic) bond motifs is 1. The molecule has 3 heteroatoms. The van der Waals surface area contributed by atoms with E-state index in [2.05, 4.69) is 30.7 Å². The van der Waals surface area contributed by atoms with Crippen LogP contribution in [-0.4, -0.2) is 4.57 Å². The van der Waals surface area contributed by atoms with Crippen LogP contribution in [0.2, 0.25) is 5.02 Å². The van der Waals surface area contributed by atoms with Crippen molar-refractivity contribution in [2.45, 2.75) is 26.8 Å². The van der Waals surface area contributed by atoms with Crippen LogP contribution in [0.1, 0.15) is 19.4 Å². The maximum absolute atomic E-state index is 8.83. The van der Waals surface area contributed by atoms with Gasteiger partial charge in [-0.2, -0.15) is 5.26 Å². The van der Waals surface area contributed by atoms with Gasteiger partial charge in [-0.1, -0.05) is 31.5 Å². The van der Waals surface area contributed by atoms with Crippen molar-refractivity contribution < 1.29 is 0 Å². The fourth-order valence-corrected chi connectivity index (χ4v) is 2.21. The standard InChI is InChI=1S/C14H14ClN2/c1-10(2)8-17-9-11(5-6-16)13-4-3-12(15)7-14(13)17/h3-4,7,9H,5,8H2,1-2H3. The van der Waals surface area contributed by atoms with Crippen LogP contribution in [0, 0.1) is 17.2 Å². The molecule has 0 fully saturated rings. The maximum Gasteiger partial charge on any atom is 0.0670 e. The summed E-state index contributed by atoms with van der Waals surface area (Å²) in [6.07, 6.45) is 2.49. The Morgan fingerprint density at radius 2 is 2.18 bits per heavy atom. The number of hydrogen-bond donors (Lipinski definition) is 0. The lowest BCUT2D eigenvalue weighted by Gasteiger charge is -2.07. The highest BCUT2D eigenvalue weighted by Crippen LogP contribution is 2.26. The topological polar surface area (TPSA) is 28.7 Å². The summed E-state index contributed by atoms with van der Waals surface area (Å²) in [5.74, 6) is 1.32. The Morgan fingerprint density at radius 1 is 1.41 bits per heavy atom. The molecule has 0 saturated heterocycles. The van der Waals surface area contributed by atoms with E-state index in [1.54, 1.807) is 0 Å². The number of nitriles is 1. The Balaban J connectivity index is 2.59. The molecule has 0 N–H and O–H groups in total. The lowest BCUT2D eigenvalue weighted by molar-refractivity contribution is 0.736. The van der Waals surface area contributed by atoms with E-state index in [1.807, 2.05) is 18.2 Å². The minimum atomic E-state index is 0.438. The summed E-state index contributed by atoms with van der Waals surface area (Å²) < 4.78 is 2.16. The molecule has 0 unspecified atom stereocenters. The Morgan fingerprint density at radius 3 is 2.82 bits per heavy atom. The van der Waals surface area contributed by atoms with Gasteiger partial charge in [0.25, 0.3) is 0 Å². The van der Waals surface area contributed by atoms with E-state index in [0.717, 1.165) is 28.0 Å². The number of aromatic nitrogens is 1. The maximum atomic E-state index is 8.83. The second kappa shape index (κ2) is 4.81. The van der Waals surface area contributed by atoms with Gasteiger partial charge in [0.1, 0.15) is 0 Å². The smallest absolute Gasteiger partial charge is 0.0670 e. The van der Waals surface area contributed by atoms with Crippen LogP contribution in [0.3, 0.4) is 0 Å². The molecular formula is C14H14ClN2. The van der Waals surface area contributed by atoms with Crippen LogP contribution >= 0.6 is 11.6 Å². The monoisotopic (exact) mass is 245 g/mol. The minimum absolute atomic E-state index is 0.438. The molecule has 0 atom stereocenters. The first-order valence-electron chi connectivity index (χ1n) is 5.55. The third kappa shape index (κ3) is 2.45. The third-order valence-electron chi connectivity index (χ3n) is 2.68. The quantitative estimate of drug-likeness (QED) is 0.804. The number of hydrogen-bond acceptors (Lipinski definition) is 1. The third-order valence-corrected chi connectivity index (χ3v) is 2.92. The van der Waals surface area contributed by atoms with Gasteiger partial charge in [0.05, 0.1) is 12.5 Å². The predicted molar refractivity (Wildman–Crippen MR) is 70.9 cm³/mol. The van der Waals surface area contributed by atoms with Gasteiger partial charge in [-0.15, -0.1) is 0 Å². The average Bonchev–Trinajstić information content (AvgIpc) is 2.56. The summed E-state index contributed by atoms with van der Waals surface area (Å²) in [5, 5.41) is 10.7. The normalized spacial score (nSPS) is 11.0. The van der Waals surface area contributed by atoms with Gasteiger partial charge < -0.3 is 4.57 Å².